The molecule has 1 N–H and O–H groups in total. The van der Waals surface area contributed by atoms with Crippen molar-refractivity contribution in [3.05, 3.63) is 58.0 Å². The minimum Gasteiger partial charge on any atom is -0.451 e. The molecule has 2 heterocycles. The third-order valence-corrected chi connectivity index (χ3v) is 4.22. The number of hydrogen-bond acceptors (Lipinski definition) is 3. The van der Waals surface area contributed by atoms with E-state index in [1.54, 1.807) is 11.3 Å². The summed E-state index contributed by atoms with van der Waals surface area (Å²) in [4.78, 5) is 13.4. The summed E-state index contributed by atoms with van der Waals surface area (Å²) in [5, 5.41) is 5.95. The molecule has 1 aromatic carbocycles. The summed E-state index contributed by atoms with van der Waals surface area (Å²) in [6.07, 6.45) is 0.850. The number of furan rings is 1. The molecule has 0 spiro atoms. The first kappa shape index (κ1) is 12.9. The van der Waals surface area contributed by atoms with Gasteiger partial charge in [-0.15, -0.1) is 11.3 Å². The molecule has 4 heteroatoms. The molecule has 2 aromatic heterocycles. The number of carbonyl (C=O) groups excluding carboxylic acids is 1. The van der Waals surface area contributed by atoms with E-state index in [1.165, 1.54) is 4.88 Å². The van der Waals surface area contributed by atoms with Gasteiger partial charge in [0.1, 0.15) is 5.58 Å². The lowest BCUT2D eigenvalue weighted by molar-refractivity contribution is 0.0928. The minimum absolute atomic E-state index is 0.143. The smallest absolute Gasteiger partial charge is 0.287 e. The first-order valence-electron chi connectivity index (χ1n) is 6.54. The average molecular weight is 285 g/mol. The Morgan fingerprint density at radius 2 is 2.10 bits per heavy atom. The quantitative estimate of drug-likeness (QED) is 0.792. The van der Waals surface area contributed by atoms with Gasteiger partial charge in [-0.3, -0.25) is 4.79 Å². The number of rotatable bonds is 4. The fourth-order valence-corrected chi connectivity index (χ4v) is 2.93. The molecule has 0 unspecified atom stereocenters. The van der Waals surface area contributed by atoms with E-state index in [-0.39, 0.29) is 5.91 Å². The number of amides is 1. The van der Waals surface area contributed by atoms with Crippen LogP contribution >= 0.6 is 11.3 Å². The molecule has 0 bridgehead atoms. The van der Waals surface area contributed by atoms with Crippen LogP contribution in [0.5, 0.6) is 0 Å². The SMILES string of the molecule is Cc1c(C(=O)NCCc2cccs2)oc2ccccc12. The van der Waals surface area contributed by atoms with Crippen molar-refractivity contribution >= 4 is 28.2 Å². The van der Waals surface area contributed by atoms with Gasteiger partial charge in [0, 0.05) is 22.4 Å². The van der Waals surface area contributed by atoms with Crippen LogP contribution in [-0.4, -0.2) is 12.5 Å². The van der Waals surface area contributed by atoms with Gasteiger partial charge < -0.3 is 9.73 Å². The Labute approximate surface area is 121 Å². The Morgan fingerprint density at radius 1 is 1.25 bits per heavy atom. The Bertz CT molecular complexity index is 728. The number of para-hydroxylation sites is 1. The van der Waals surface area contributed by atoms with Crippen molar-refractivity contribution < 1.29 is 9.21 Å². The van der Waals surface area contributed by atoms with Gasteiger partial charge in [-0.1, -0.05) is 24.3 Å². The molecule has 0 aliphatic heterocycles. The number of fused-ring (bicyclic) bond motifs is 1. The molecule has 0 aliphatic carbocycles. The second-order valence-electron chi connectivity index (χ2n) is 4.64. The van der Waals surface area contributed by atoms with Gasteiger partial charge in [0.15, 0.2) is 5.76 Å². The van der Waals surface area contributed by atoms with E-state index < -0.39 is 0 Å². The van der Waals surface area contributed by atoms with Crippen LogP contribution in [0.1, 0.15) is 21.0 Å². The highest BCUT2D eigenvalue weighted by molar-refractivity contribution is 7.09. The van der Waals surface area contributed by atoms with Crippen LogP contribution in [-0.2, 0) is 6.42 Å². The van der Waals surface area contributed by atoms with Crippen LogP contribution in [0.3, 0.4) is 0 Å². The van der Waals surface area contributed by atoms with Crippen molar-refractivity contribution in [2.45, 2.75) is 13.3 Å². The highest BCUT2D eigenvalue weighted by atomic mass is 32.1. The number of aryl methyl sites for hydroxylation is 1. The van der Waals surface area contributed by atoms with Crippen molar-refractivity contribution in [3.63, 3.8) is 0 Å². The highest BCUT2D eigenvalue weighted by Gasteiger charge is 2.16. The first-order valence-corrected chi connectivity index (χ1v) is 7.42. The van der Waals surface area contributed by atoms with E-state index in [1.807, 2.05) is 42.6 Å². The third-order valence-electron chi connectivity index (χ3n) is 3.29. The van der Waals surface area contributed by atoms with Gasteiger partial charge in [-0.25, -0.2) is 0 Å². The van der Waals surface area contributed by atoms with Gasteiger partial charge >= 0.3 is 0 Å². The zero-order chi connectivity index (χ0) is 13.9. The van der Waals surface area contributed by atoms with E-state index in [0.29, 0.717) is 12.3 Å². The van der Waals surface area contributed by atoms with Crippen molar-refractivity contribution in [2.75, 3.05) is 6.54 Å². The summed E-state index contributed by atoms with van der Waals surface area (Å²) in [5.41, 5.74) is 1.66. The van der Waals surface area contributed by atoms with E-state index in [0.717, 1.165) is 23.0 Å². The number of nitrogens with one attached hydrogen (secondary N) is 1. The van der Waals surface area contributed by atoms with E-state index in [4.69, 9.17) is 4.42 Å². The summed E-state index contributed by atoms with van der Waals surface area (Å²) in [7, 11) is 0. The Hall–Kier alpha value is -2.07. The third kappa shape index (κ3) is 2.47. The highest BCUT2D eigenvalue weighted by Crippen LogP contribution is 2.24. The fourth-order valence-electron chi connectivity index (χ4n) is 2.23. The van der Waals surface area contributed by atoms with E-state index in [2.05, 4.69) is 11.4 Å². The first-order chi connectivity index (χ1) is 9.75. The molecular formula is C16H15NO2S. The molecule has 3 aromatic rings. The molecular weight excluding hydrogens is 270 g/mol. The maximum absolute atomic E-state index is 12.2. The predicted octanol–water partition coefficient (Wildman–Crippen LogP) is 3.78. The lowest BCUT2D eigenvalue weighted by Crippen LogP contribution is -2.25. The van der Waals surface area contributed by atoms with Crippen molar-refractivity contribution in [3.8, 4) is 0 Å². The second kappa shape index (κ2) is 5.51. The standard InChI is InChI=1S/C16H15NO2S/c1-11-13-6-2-3-7-14(13)19-15(11)16(18)17-9-8-12-5-4-10-20-12/h2-7,10H,8-9H2,1H3,(H,17,18). The fraction of sp³-hybridized carbons (Fsp3) is 0.188. The molecule has 0 atom stereocenters. The van der Waals surface area contributed by atoms with Crippen molar-refractivity contribution in [2.24, 2.45) is 0 Å². The van der Waals surface area contributed by atoms with Crippen molar-refractivity contribution in [1.29, 1.82) is 0 Å². The molecule has 102 valence electrons. The molecule has 0 fully saturated rings. The number of benzene rings is 1. The Kier molecular flexibility index (Phi) is 3.56. The van der Waals surface area contributed by atoms with Crippen LogP contribution in [0, 0.1) is 6.92 Å². The summed E-state index contributed by atoms with van der Waals surface area (Å²) in [6.45, 7) is 2.54. The number of carbonyl (C=O) groups is 1. The van der Waals surface area contributed by atoms with Gasteiger partial charge in [0.2, 0.25) is 0 Å². The summed E-state index contributed by atoms with van der Waals surface area (Å²) < 4.78 is 5.64. The largest absolute Gasteiger partial charge is 0.451 e. The van der Waals surface area contributed by atoms with Crippen LogP contribution in [0.25, 0.3) is 11.0 Å². The monoisotopic (exact) mass is 285 g/mol. The molecule has 0 radical (unpaired) electrons. The van der Waals surface area contributed by atoms with Gasteiger partial charge in [-0.2, -0.15) is 0 Å². The topological polar surface area (TPSA) is 42.2 Å². The molecule has 1 amide bonds. The van der Waals surface area contributed by atoms with Crippen LogP contribution in [0.4, 0.5) is 0 Å². The van der Waals surface area contributed by atoms with Gasteiger partial charge in [0.05, 0.1) is 0 Å². The van der Waals surface area contributed by atoms with Crippen LogP contribution < -0.4 is 5.32 Å². The zero-order valence-electron chi connectivity index (χ0n) is 11.2. The molecule has 0 saturated carbocycles. The average Bonchev–Trinajstić information content (AvgIpc) is 3.08. The zero-order valence-corrected chi connectivity index (χ0v) is 12.0. The predicted molar refractivity (Wildman–Crippen MR) is 81.3 cm³/mol. The summed E-state index contributed by atoms with van der Waals surface area (Å²) in [5.74, 6) is 0.271. The minimum atomic E-state index is -0.143. The normalized spacial score (nSPS) is 10.8. The van der Waals surface area contributed by atoms with E-state index >= 15 is 0 Å². The number of thiophene rings is 1. The Morgan fingerprint density at radius 3 is 2.85 bits per heavy atom. The molecule has 0 aliphatic rings. The molecule has 3 nitrogen and oxygen atoms in total. The van der Waals surface area contributed by atoms with Crippen LogP contribution in [0.15, 0.2) is 46.2 Å². The molecule has 3 rings (SSSR count). The lowest BCUT2D eigenvalue weighted by Gasteiger charge is -2.02. The van der Waals surface area contributed by atoms with Crippen LogP contribution in [0.2, 0.25) is 0 Å². The molecule has 20 heavy (non-hydrogen) atoms. The summed E-state index contributed by atoms with van der Waals surface area (Å²) >= 11 is 1.70. The van der Waals surface area contributed by atoms with E-state index in [9.17, 15) is 4.79 Å². The maximum atomic E-state index is 12.2. The molecule has 0 saturated heterocycles. The summed E-state index contributed by atoms with van der Waals surface area (Å²) in [6, 6.07) is 11.8. The number of hydrogen-bond donors (Lipinski definition) is 1. The van der Waals surface area contributed by atoms with Gasteiger partial charge in [0.25, 0.3) is 5.91 Å². The van der Waals surface area contributed by atoms with Crippen molar-refractivity contribution in [1.82, 2.24) is 5.32 Å². The lowest BCUT2D eigenvalue weighted by atomic mass is 10.1. The van der Waals surface area contributed by atoms with Gasteiger partial charge in [-0.05, 0) is 30.9 Å². The second-order valence-corrected chi connectivity index (χ2v) is 5.67. The maximum Gasteiger partial charge on any atom is 0.287 e. The Balaban J connectivity index is 1.71.